The second kappa shape index (κ2) is 10.4. The number of nitrogen functional groups attached to an aromatic ring is 1. The zero-order valence-electron chi connectivity index (χ0n) is 21.5. The van der Waals surface area contributed by atoms with Crippen LogP contribution in [0.4, 0.5) is 17.7 Å². The third kappa shape index (κ3) is 5.14. The molecule has 13 heteroatoms. The fraction of sp³-hybridized carbons (Fsp3) is 0.583. The lowest BCUT2D eigenvalue weighted by atomic mass is 10.2. The number of imidazole rings is 1. The van der Waals surface area contributed by atoms with Crippen LogP contribution in [-0.4, -0.2) is 104 Å². The predicted molar refractivity (Wildman–Crippen MR) is 139 cm³/mol. The first kappa shape index (κ1) is 25.1. The van der Waals surface area contributed by atoms with Crippen LogP contribution in [0.25, 0.3) is 22.6 Å². The Morgan fingerprint density at radius 2 is 1.68 bits per heavy atom. The number of rotatable bonds is 6. The number of amides is 1. The fourth-order valence-electron chi connectivity index (χ4n) is 4.72. The molecule has 1 unspecified atom stereocenters. The predicted octanol–water partition coefficient (Wildman–Crippen LogP) is 0.388. The van der Waals surface area contributed by atoms with Gasteiger partial charge >= 0.3 is 0 Å². The van der Waals surface area contributed by atoms with Crippen molar-refractivity contribution in [3.05, 3.63) is 12.4 Å². The Balaban J connectivity index is 1.60. The summed E-state index contributed by atoms with van der Waals surface area (Å²) >= 11 is 0. The molecule has 3 N–H and O–H groups in total. The molecule has 0 radical (unpaired) electrons. The standard InChI is InChI=1S/C24H34N10O3/c1-15(2)14-34-21-18(28-24(34)33-6-4-32(5-7-33)22(36)16(3)35)20(31-8-10-37-11-9-31)29-19(30-21)17-12-26-23(25)27-13-17/h12-13,15-16,35H,4-11,14H2,1-3H3,(H2,25,26,27). The van der Waals surface area contributed by atoms with Crippen LogP contribution in [0, 0.1) is 5.92 Å². The smallest absolute Gasteiger partial charge is 0.251 e. The van der Waals surface area contributed by atoms with Crippen LogP contribution >= 0.6 is 0 Å². The van der Waals surface area contributed by atoms with Crippen molar-refractivity contribution in [2.75, 3.05) is 68.0 Å². The molecule has 13 nitrogen and oxygen atoms in total. The molecule has 3 aromatic heterocycles. The van der Waals surface area contributed by atoms with Gasteiger partial charge in [0.15, 0.2) is 22.8 Å². The van der Waals surface area contributed by atoms with E-state index in [2.05, 4.69) is 38.2 Å². The molecule has 0 aliphatic carbocycles. The lowest BCUT2D eigenvalue weighted by Gasteiger charge is -2.36. The van der Waals surface area contributed by atoms with Crippen LogP contribution in [0.1, 0.15) is 20.8 Å². The van der Waals surface area contributed by atoms with Gasteiger partial charge < -0.3 is 30.3 Å². The van der Waals surface area contributed by atoms with E-state index in [9.17, 15) is 9.90 Å². The van der Waals surface area contributed by atoms with E-state index in [4.69, 9.17) is 25.4 Å². The molecule has 3 aromatic rings. The number of anilines is 3. The number of fused-ring (bicyclic) bond motifs is 1. The Bertz CT molecular complexity index is 1250. The average molecular weight is 511 g/mol. The van der Waals surface area contributed by atoms with E-state index in [1.165, 1.54) is 6.92 Å². The zero-order chi connectivity index (χ0) is 26.1. The van der Waals surface area contributed by atoms with Gasteiger partial charge in [-0.3, -0.25) is 9.36 Å². The second-order valence-corrected chi connectivity index (χ2v) is 9.88. The van der Waals surface area contributed by atoms with Gasteiger partial charge in [0.05, 0.1) is 18.8 Å². The Morgan fingerprint density at radius 1 is 1.00 bits per heavy atom. The number of morpholine rings is 1. The van der Waals surface area contributed by atoms with E-state index in [0.717, 1.165) is 29.5 Å². The number of nitrogens with zero attached hydrogens (tertiary/aromatic N) is 9. The van der Waals surface area contributed by atoms with Gasteiger partial charge in [0, 0.05) is 58.2 Å². The highest BCUT2D eigenvalue weighted by Crippen LogP contribution is 2.32. The van der Waals surface area contributed by atoms with Gasteiger partial charge in [-0.2, -0.15) is 0 Å². The van der Waals surface area contributed by atoms with Crippen LogP contribution < -0.4 is 15.5 Å². The summed E-state index contributed by atoms with van der Waals surface area (Å²) in [5, 5.41) is 9.72. The summed E-state index contributed by atoms with van der Waals surface area (Å²) in [6, 6.07) is 0. The van der Waals surface area contributed by atoms with Gasteiger partial charge in [-0.25, -0.2) is 24.9 Å². The van der Waals surface area contributed by atoms with Crippen LogP contribution in [0.2, 0.25) is 0 Å². The molecule has 0 saturated carbocycles. The average Bonchev–Trinajstić information content (AvgIpc) is 3.26. The highest BCUT2D eigenvalue weighted by Gasteiger charge is 2.29. The molecule has 198 valence electrons. The zero-order valence-corrected chi connectivity index (χ0v) is 21.5. The maximum atomic E-state index is 12.3. The topological polar surface area (TPSA) is 152 Å². The third-order valence-corrected chi connectivity index (χ3v) is 6.58. The summed E-state index contributed by atoms with van der Waals surface area (Å²) in [4.78, 5) is 41.6. The molecule has 2 fully saturated rings. The molecule has 2 aliphatic heterocycles. The number of piperazine rings is 1. The van der Waals surface area contributed by atoms with E-state index in [1.807, 2.05) is 0 Å². The van der Waals surface area contributed by atoms with Crippen LogP contribution in [-0.2, 0) is 16.1 Å². The number of hydrogen-bond donors (Lipinski definition) is 2. The van der Waals surface area contributed by atoms with Crippen molar-refractivity contribution >= 4 is 34.8 Å². The SMILES string of the molecule is CC(C)Cn1c(N2CCN(C(=O)C(C)O)CC2)nc2c(N3CCOCC3)nc(-c3cnc(N)nc3)nc21. The summed E-state index contributed by atoms with van der Waals surface area (Å²) in [6.07, 6.45) is 2.27. The molecule has 1 amide bonds. The minimum Gasteiger partial charge on any atom is -0.384 e. The largest absolute Gasteiger partial charge is 0.384 e. The summed E-state index contributed by atoms with van der Waals surface area (Å²) in [6.45, 7) is 11.4. The first-order valence-electron chi connectivity index (χ1n) is 12.7. The fourth-order valence-corrected chi connectivity index (χ4v) is 4.72. The number of carbonyl (C=O) groups excluding carboxylic acids is 1. The van der Waals surface area contributed by atoms with Crippen molar-refractivity contribution in [1.82, 2.24) is 34.4 Å². The third-order valence-electron chi connectivity index (χ3n) is 6.58. The van der Waals surface area contributed by atoms with Crippen molar-refractivity contribution in [3.63, 3.8) is 0 Å². The summed E-state index contributed by atoms with van der Waals surface area (Å²) in [5.74, 6) is 2.37. The summed E-state index contributed by atoms with van der Waals surface area (Å²) in [5.41, 5.74) is 7.87. The van der Waals surface area contributed by atoms with E-state index in [0.29, 0.717) is 69.8 Å². The van der Waals surface area contributed by atoms with Crippen molar-refractivity contribution < 1.29 is 14.6 Å². The van der Waals surface area contributed by atoms with Gasteiger partial charge in [-0.05, 0) is 12.8 Å². The van der Waals surface area contributed by atoms with Crippen LogP contribution in [0.3, 0.4) is 0 Å². The summed E-state index contributed by atoms with van der Waals surface area (Å²) in [7, 11) is 0. The highest BCUT2D eigenvalue weighted by molar-refractivity contribution is 5.88. The Hall–Kier alpha value is -3.58. The van der Waals surface area contributed by atoms with E-state index >= 15 is 0 Å². The number of aliphatic hydroxyl groups is 1. The van der Waals surface area contributed by atoms with Gasteiger partial charge in [-0.15, -0.1) is 0 Å². The van der Waals surface area contributed by atoms with Gasteiger partial charge in [0.25, 0.3) is 5.91 Å². The molecule has 0 bridgehead atoms. The molecule has 1 atom stereocenters. The van der Waals surface area contributed by atoms with E-state index in [-0.39, 0.29) is 11.9 Å². The molecule has 0 spiro atoms. The number of aromatic nitrogens is 6. The van der Waals surface area contributed by atoms with Crippen LogP contribution in [0.5, 0.6) is 0 Å². The number of carbonyl (C=O) groups is 1. The molecular weight excluding hydrogens is 476 g/mol. The molecular formula is C24H34N10O3. The van der Waals surface area contributed by atoms with E-state index in [1.54, 1.807) is 17.3 Å². The monoisotopic (exact) mass is 510 g/mol. The normalized spacial score (nSPS) is 17.6. The number of hydrogen-bond acceptors (Lipinski definition) is 11. The lowest BCUT2D eigenvalue weighted by Crippen LogP contribution is -2.51. The molecule has 5 rings (SSSR count). The van der Waals surface area contributed by atoms with Crippen molar-refractivity contribution in [2.24, 2.45) is 5.92 Å². The van der Waals surface area contributed by atoms with Crippen molar-refractivity contribution in [3.8, 4) is 11.4 Å². The van der Waals surface area contributed by atoms with E-state index < -0.39 is 6.10 Å². The summed E-state index contributed by atoms with van der Waals surface area (Å²) < 4.78 is 7.73. The minimum absolute atomic E-state index is 0.193. The first-order chi connectivity index (χ1) is 17.8. The minimum atomic E-state index is -1.00. The second-order valence-electron chi connectivity index (χ2n) is 9.88. The van der Waals surface area contributed by atoms with Gasteiger partial charge in [0.1, 0.15) is 6.10 Å². The molecule has 0 aromatic carbocycles. The molecule has 2 saturated heterocycles. The molecule has 2 aliphatic rings. The number of nitrogens with two attached hydrogens (primary N) is 1. The molecule has 5 heterocycles. The first-order valence-corrected chi connectivity index (χ1v) is 12.7. The maximum Gasteiger partial charge on any atom is 0.251 e. The highest BCUT2D eigenvalue weighted by atomic mass is 16.5. The Morgan fingerprint density at radius 3 is 2.30 bits per heavy atom. The Labute approximate surface area is 215 Å². The number of aliphatic hydroxyl groups excluding tert-OH is 1. The quantitative estimate of drug-likeness (QED) is 0.474. The maximum absolute atomic E-state index is 12.3. The van der Waals surface area contributed by atoms with Crippen molar-refractivity contribution in [2.45, 2.75) is 33.4 Å². The van der Waals surface area contributed by atoms with Crippen molar-refractivity contribution in [1.29, 1.82) is 0 Å². The van der Waals surface area contributed by atoms with Gasteiger partial charge in [0.2, 0.25) is 11.9 Å². The van der Waals surface area contributed by atoms with Gasteiger partial charge in [-0.1, -0.05) is 13.8 Å². The number of ether oxygens (including phenoxy) is 1. The van der Waals surface area contributed by atoms with Crippen LogP contribution in [0.15, 0.2) is 12.4 Å². The molecule has 37 heavy (non-hydrogen) atoms. The lowest BCUT2D eigenvalue weighted by molar-refractivity contribution is -0.139. The Kier molecular flexibility index (Phi) is 7.07.